The molecule has 0 aliphatic heterocycles. The number of pyridine rings is 1. The van der Waals surface area contributed by atoms with Crippen LogP contribution in [0, 0.1) is 11.2 Å². The Hall–Kier alpha value is -1.00. The number of hydrogen-bond acceptors (Lipinski definition) is 3. The molecule has 1 atom stereocenters. The van der Waals surface area contributed by atoms with Crippen LogP contribution in [-0.4, -0.2) is 29.5 Å². The molecular weight excluding hydrogens is 229 g/mol. The third-order valence-electron chi connectivity index (χ3n) is 3.35. The molecule has 18 heavy (non-hydrogen) atoms. The van der Waals surface area contributed by atoms with Gasteiger partial charge in [-0.15, -0.1) is 0 Å². The van der Waals surface area contributed by atoms with Crippen LogP contribution in [0.4, 0.5) is 4.39 Å². The Balaban J connectivity index is 2.82. The Morgan fingerprint density at radius 3 is 2.61 bits per heavy atom. The molecule has 0 spiro atoms. The van der Waals surface area contributed by atoms with Crippen molar-refractivity contribution in [3.8, 4) is 0 Å². The van der Waals surface area contributed by atoms with Gasteiger partial charge in [-0.3, -0.25) is 9.88 Å². The maximum Gasteiger partial charge on any atom is 0.141 e. The van der Waals surface area contributed by atoms with Crippen LogP contribution in [0.15, 0.2) is 18.5 Å². The molecule has 0 aliphatic rings. The minimum atomic E-state index is -0.284. The lowest BCUT2D eigenvalue weighted by molar-refractivity contribution is 0.147. The molecule has 0 saturated carbocycles. The van der Waals surface area contributed by atoms with Crippen LogP contribution in [-0.2, 0) is 0 Å². The molecule has 0 aromatic carbocycles. The fraction of sp³-hybridized carbons (Fsp3) is 0.643. The maximum absolute atomic E-state index is 13.2. The van der Waals surface area contributed by atoms with Crippen LogP contribution in [0.25, 0.3) is 0 Å². The number of hydrogen-bond donors (Lipinski definition) is 1. The molecule has 1 unspecified atom stereocenters. The summed E-state index contributed by atoms with van der Waals surface area (Å²) in [6.45, 7) is 10.9. The number of halogens is 1. The predicted molar refractivity (Wildman–Crippen MR) is 72.7 cm³/mol. The third kappa shape index (κ3) is 4.03. The highest BCUT2D eigenvalue weighted by atomic mass is 19.1. The lowest BCUT2D eigenvalue weighted by atomic mass is 9.92. The van der Waals surface area contributed by atoms with Crippen molar-refractivity contribution in [1.82, 2.24) is 9.88 Å². The summed E-state index contributed by atoms with van der Waals surface area (Å²) >= 11 is 0. The van der Waals surface area contributed by atoms with Gasteiger partial charge in [0.2, 0.25) is 0 Å². The van der Waals surface area contributed by atoms with Gasteiger partial charge in [-0.25, -0.2) is 4.39 Å². The molecule has 0 saturated heterocycles. The highest BCUT2D eigenvalue weighted by Crippen LogP contribution is 2.24. The monoisotopic (exact) mass is 253 g/mol. The summed E-state index contributed by atoms with van der Waals surface area (Å²) in [6.07, 6.45) is 2.96. The molecule has 2 N–H and O–H groups in total. The molecule has 0 amide bonds. The largest absolute Gasteiger partial charge is 0.330 e. The highest BCUT2D eigenvalue weighted by Gasteiger charge is 2.23. The zero-order chi connectivity index (χ0) is 13.8. The molecule has 3 nitrogen and oxygen atoms in total. The molecule has 0 fully saturated rings. The third-order valence-corrected chi connectivity index (χ3v) is 3.35. The number of aromatic nitrogens is 1. The van der Waals surface area contributed by atoms with E-state index < -0.39 is 0 Å². The van der Waals surface area contributed by atoms with Crippen molar-refractivity contribution in [3.63, 3.8) is 0 Å². The lowest BCUT2D eigenvalue weighted by Gasteiger charge is -2.35. The van der Waals surface area contributed by atoms with Gasteiger partial charge in [0.15, 0.2) is 0 Å². The fourth-order valence-corrected chi connectivity index (χ4v) is 2.00. The first kappa shape index (κ1) is 15.1. The Morgan fingerprint density at radius 1 is 1.44 bits per heavy atom. The van der Waals surface area contributed by atoms with Crippen molar-refractivity contribution in [2.24, 2.45) is 11.1 Å². The Labute approximate surface area is 109 Å². The van der Waals surface area contributed by atoms with Crippen LogP contribution < -0.4 is 5.73 Å². The van der Waals surface area contributed by atoms with Crippen molar-refractivity contribution < 1.29 is 4.39 Å². The quantitative estimate of drug-likeness (QED) is 0.847. The molecule has 0 aliphatic carbocycles. The van der Waals surface area contributed by atoms with Gasteiger partial charge < -0.3 is 5.73 Å². The van der Waals surface area contributed by atoms with Crippen molar-refractivity contribution in [3.05, 3.63) is 29.8 Å². The van der Waals surface area contributed by atoms with Crippen molar-refractivity contribution in [2.75, 3.05) is 19.6 Å². The summed E-state index contributed by atoms with van der Waals surface area (Å²) in [5, 5.41) is 0. The highest BCUT2D eigenvalue weighted by molar-refractivity contribution is 5.14. The van der Waals surface area contributed by atoms with E-state index in [1.165, 1.54) is 6.20 Å². The van der Waals surface area contributed by atoms with Crippen LogP contribution in [0.3, 0.4) is 0 Å². The van der Waals surface area contributed by atoms with Crippen LogP contribution >= 0.6 is 0 Å². The zero-order valence-corrected chi connectivity index (χ0v) is 11.8. The Kier molecular flexibility index (Phi) is 5.23. The first-order chi connectivity index (χ1) is 8.39. The lowest BCUT2D eigenvalue weighted by Crippen LogP contribution is -2.40. The molecule has 102 valence electrons. The van der Waals surface area contributed by atoms with Crippen LogP contribution in [0.2, 0.25) is 0 Å². The Morgan fingerprint density at radius 2 is 2.11 bits per heavy atom. The number of nitrogens with two attached hydrogens (primary N) is 1. The second kappa shape index (κ2) is 6.25. The SMILES string of the molecule is CCN(CC(C)(C)CN)C(C)c1cncc(F)c1. The van der Waals surface area contributed by atoms with Crippen LogP contribution in [0.1, 0.15) is 39.3 Å². The summed E-state index contributed by atoms with van der Waals surface area (Å²) in [4.78, 5) is 6.21. The smallest absolute Gasteiger partial charge is 0.141 e. The molecular formula is C14H24FN3. The van der Waals surface area contributed by atoms with Gasteiger partial charge in [-0.2, -0.15) is 0 Å². The van der Waals surface area contributed by atoms with E-state index in [9.17, 15) is 4.39 Å². The minimum Gasteiger partial charge on any atom is -0.330 e. The molecule has 1 heterocycles. The molecule has 1 rings (SSSR count). The topological polar surface area (TPSA) is 42.1 Å². The van der Waals surface area contributed by atoms with E-state index in [4.69, 9.17) is 5.73 Å². The molecule has 0 radical (unpaired) electrons. The van der Waals surface area contributed by atoms with Gasteiger partial charge in [-0.1, -0.05) is 20.8 Å². The van der Waals surface area contributed by atoms with Gasteiger partial charge >= 0.3 is 0 Å². The molecule has 1 aromatic rings. The average Bonchev–Trinajstić information content (AvgIpc) is 2.35. The van der Waals surface area contributed by atoms with Gasteiger partial charge in [0.1, 0.15) is 5.82 Å². The second-order valence-electron chi connectivity index (χ2n) is 5.54. The molecule has 0 bridgehead atoms. The minimum absolute atomic E-state index is 0.0605. The predicted octanol–water partition coefficient (Wildman–Crippen LogP) is 2.59. The summed E-state index contributed by atoms with van der Waals surface area (Å²) in [7, 11) is 0. The fourth-order valence-electron chi connectivity index (χ4n) is 2.00. The van der Waals surface area contributed by atoms with E-state index in [2.05, 4.69) is 37.6 Å². The maximum atomic E-state index is 13.2. The van der Waals surface area contributed by atoms with E-state index in [0.29, 0.717) is 6.54 Å². The normalized spacial score (nSPS) is 13.9. The summed E-state index contributed by atoms with van der Waals surface area (Å²) in [5.74, 6) is -0.284. The van der Waals surface area contributed by atoms with Gasteiger partial charge in [0.25, 0.3) is 0 Å². The van der Waals surface area contributed by atoms with Crippen molar-refractivity contribution >= 4 is 0 Å². The van der Waals surface area contributed by atoms with Crippen molar-refractivity contribution in [1.29, 1.82) is 0 Å². The first-order valence-corrected chi connectivity index (χ1v) is 6.44. The zero-order valence-electron chi connectivity index (χ0n) is 11.8. The van der Waals surface area contributed by atoms with E-state index in [1.54, 1.807) is 12.3 Å². The first-order valence-electron chi connectivity index (χ1n) is 6.44. The molecule has 4 heteroatoms. The van der Waals surface area contributed by atoms with E-state index in [-0.39, 0.29) is 17.3 Å². The van der Waals surface area contributed by atoms with E-state index in [1.807, 2.05) is 0 Å². The van der Waals surface area contributed by atoms with Gasteiger partial charge in [0, 0.05) is 18.8 Å². The second-order valence-corrected chi connectivity index (χ2v) is 5.54. The summed E-state index contributed by atoms with van der Waals surface area (Å²) < 4.78 is 13.2. The number of rotatable bonds is 6. The Bertz CT molecular complexity index is 379. The van der Waals surface area contributed by atoms with Crippen molar-refractivity contribution in [2.45, 2.75) is 33.7 Å². The van der Waals surface area contributed by atoms with Gasteiger partial charge in [0.05, 0.1) is 6.20 Å². The van der Waals surface area contributed by atoms with E-state index >= 15 is 0 Å². The average molecular weight is 253 g/mol. The summed E-state index contributed by atoms with van der Waals surface area (Å²) in [6, 6.07) is 1.69. The number of nitrogens with zero attached hydrogens (tertiary/aromatic N) is 2. The van der Waals surface area contributed by atoms with E-state index in [0.717, 1.165) is 18.7 Å². The summed E-state index contributed by atoms with van der Waals surface area (Å²) in [5.41, 5.74) is 6.74. The van der Waals surface area contributed by atoms with Crippen LogP contribution in [0.5, 0.6) is 0 Å². The van der Waals surface area contributed by atoms with Gasteiger partial charge in [-0.05, 0) is 37.1 Å². The molecule has 1 aromatic heterocycles. The standard InChI is InChI=1S/C14H24FN3/c1-5-18(10-14(3,4)9-16)11(2)12-6-13(15)8-17-7-12/h6-8,11H,5,9-10,16H2,1-4H3.